The highest BCUT2D eigenvalue weighted by atomic mass is 32.2. The zero-order chi connectivity index (χ0) is 17.0. The molecule has 0 radical (unpaired) electrons. The third-order valence-corrected chi connectivity index (χ3v) is 4.52. The summed E-state index contributed by atoms with van der Waals surface area (Å²) in [4.78, 5) is 12.2. The summed E-state index contributed by atoms with van der Waals surface area (Å²) in [7, 11) is -0.314. The molecular formula is C16H18N2O4S. The highest BCUT2D eigenvalue weighted by Crippen LogP contribution is 2.19. The molecule has 1 amide bonds. The Morgan fingerprint density at radius 3 is 2.35 bits per heavy atom. The zero-order valence-corrected chi connectivity index (χ0v) is 13.9. The van der Waals surface area contributed by atoms with Gasteiger partial charge in [0.15, 0.2) is 0 Å². The normalized spacial score (nSPS) is 10.9. The number of carbonyl (C=O) groups is 1. The predicted molar refractivity (Wildman–Crippen MR) is 90.6 cm³/mol. The monoisotopic (exact) mass is 334 g/mol. The maximum atomic E-state index is 12.2. The Kier molecular flexibility index (Phi) is 4.90. The second-order valence-electron chi connectivity index (χ2n) is 4.96. The first kappa shape index (κ1) is 16.8. The lowest BCUT2D eigenvalue weighted by molar-refractivity contribution is 0.102. The molecule has 0 saturated heterocycles. The molecule has 6 nitrogen and oxygen atoms in total. The number of anilines is 2. The van der Waals surface area contributed by atoms with Gasteiger partial charge in [0, 0.05) is 24.4 Å². The molecule has 7 heteroatoms. The van der Waals surface area contributed by atoms with Crippen molar-refractivity contribution >= 4 is 27.3 Å². The molecule has 0 saturated carbocycles. The van der Waals surface area contributed by atoms with Crippen molar-refractivity contribution < 1.29 is 17.9 Å². The van der Waals surface area contributed by atoms with Crippen molar-refractivity contribution in [3.8, 4) is 5.75 Å². The first-order valence-corrected chi connectivity index (χ1v) is 8.65. The Balaban J connectivity index is 2.14. The quantitative estimate of drug-likeness (QED) is 0.910. The van der Waals surface area contributed by atoms with Crippen LogP contribution in [-0.4, -0.2) is 34.7 Å². The van der Waals surface area contributed by atoms with E-state index in [9.17, 15) is 13.2 Å². The molecule has 23 heavy (non-hydrogen) atoms. The lowest BCUT2D eigenvalue weighted by Gasteiger charge is -2.16. The molecule has 0 bridgehead atoms. The molecule has 2 rings (SSSR count). The molecule has 0 aliphatic heterocycles. The highest BCUT2D eigenvalue weighted by Gasteiger charge is 2.13. The Bertz CT molecular complexity index is 801. The Morgan fingerprint density at radius 2 is 1.78 bits per heavy atom. The minimum absolute atomic E-state index is 0.285. The number of sulfonamides is 1. The van der Waals surface area contributed by atoms with Crippen LogP contribution in [0.1, 0.15) is 10.4 Å². The SMILES string of the molecule is COc1cccc(NC(=O)c2ccc(N(C)S(C)(=O)=O)cc2)c1. The van der Waals surface area contributed by atoms with Gasteiger partial charge in [-0.3, -0.25) is 9.10 Å². The summed E-state index contributed by atoms with van der Waals surface area (Å²) in [5.41, 5.74) is 1.54. The standard InChI is InChI=1S/C16H18N2O4S/c1-18(23(3,20)21)14-9-7-12(8-10-14)16(19)17-13-5-4-6-15(11-13)22-2/h4-11H,1-3H3,(H,17,19). The second-order valence-corrected chi connectivity index (χ2v) is 6.98. The first-order chi connectivity index (χ1) is 10.8. The van der Waals surface area contributed by atoms with Gasteiger partial charge in [-0.25, -0.2) is 8.42 Å². The van der Waals surface area contributed by atoms with Crippen molar-refractivity contribution in [2.24, 2.45) is 0 Å². The maximum Gasteiger partial charge on any atom is 0.255 e. The number of benzene rings is 2. The molecule has 2 aromatic rings. The number of methoxy groups -OCH3 is 1. The van der Waals surface area contributed by atoms with E-state index in [1.165, 1.54) is 7.05 Å². The molecule has 1 N–H and O–H groups in total. The molecule has 0 heterocycles. The predicted octanol–water partition coefficient (Wildman–Crippen LogP) is 2.34. The van der Waals surface area contributed by atoms with Crippen LogP contribution in [0.2, 0.25) is 0 Å². The Hall–Kier alpha value is -2.54. The lowest BCUT2D eigenvalue weighted by Crippen LogP contribution is -2.24. The van der Waals surface area contributed by atoms with Crippen LogP contribution < -0.4 is 14.4 Å². The van der Waals surface area contributed by atoms with Crippen LogP contribution in [0.4, 0.5) is 11.4 Å². The van der Waals surface area contributed by atoms with Crippen molar-refractivity contribution in [1.29, 1.82) is 0 Å². The maximum absolute atomic E-state index is 12.2. The minimum Gasteiger partial charge on any atom is -0.497 e. The Labute approximate surface area is 135 Å². The third-order valence-electron chi connectivity index (χ3n) is 3.32. The summed E-state index contributed by atoms with van der Waals surface area (Å²) in [5, 5.41) is 2.76. The number of hydrogen-bond donors (Lipinski definition) is 1. The number of amides is 1. The van der Waals surface area contributed by atoms with E-state index in [1.807, 2.05) is 0 Å². The molecule has 122 valence electrons. The van der Waals surface area contributed by atoms with Crippen molar-refractivity contribution in [3.05, 3.63) is 54.1 Å². The number of carbonyl (C=O) groups excluding carboxylic acids is 1. The minimum atomic E-state index is -3.33. The van der Waals surface area contributed by atoms with E-state index in [0.717, 1.165) is 10.6 Å². The van der Waals surface area contributed by atoms with Crippen molar-refractivity contribution in [2.45, 2.75) is 0 Å². The van der Waals surface area contributed by atoms with Crippen molar-refractivity contribution in [2.75, 3.05) is 30.0 Å². The number of nitrogens with zero attached hydrogens (tertiary/aromatic N) is 1. The molecular weight excluding hydrogens is 316 g/mol. The van der Waals surface area contributed by atoms with Gasteiger partial charge in [-0.2, -0.15) is 0 Å². The van der Waals surface area contributed by atoms with Crippen LogP contribution in [0.5, 0.6) is 5.75 Å². The van der Waals surface area contributed by atoms with Gasteiger partial charge in [0.1, 0.15) is 5.75 Å². The van der Waals surface area contributed by atoms with Gasteiger partial charge >= 0.3 is 0 Å². The summed E-state index contributed by atoms with van der Waals surface area (Å²) >= 11 is 0. The van der Waals surface area contributed by atoms with Gasteiger partial charge in [-0.05, 0) is 36.4 Å². The third kappa shape index (κ3) is 4.23. The fourth-order valence-corrected chi connectivity index (χ4v) is 2.42. The van der Waals surface area contributed by atoms with E-state index in [0.29, 0.717) is 22.7 Å². The number of rotatable bonds is 5. The molecule has 0 spiro atoms. The zero-order valence-electron chi connectivity index (χ0n) is 13.1. The fourth-order valence-electron chi connectivity index (χ4n) is 1.92. The summed E-state index contributed by atoms with van der Waals surface area (Å²) in [6.07, 6.45) is 1.12. The topological polar surface area (TPSA) is 75.7 Å². The molecule has 0 unspecified atom stereocenters. The number of nitrogens with one attached hydrogen (secondary N) is 1. The molecule has 0 aliphatic carbocycles. The largest absolute Gasteiger partial charge is 0.497 e. The van der Waals surface area contributed by atoms with E-state index >= 15 is 0 Å². The molecule has 0 aliphatic rings. The summed E-state index contributed by atoms with van der Waals surface area (Å²) in [6.45, 7) is 0. The van der Waals surface area contributed by atoms with Crippen LogP contribution in [0.25, 0.3) is 0 Å². The molecule has 2 aromatic carbocycles. The van der Waals surface area contributed by atoms with Gasteiger partial charge in [0.25, 0.3) is 5.91 Å². The average Bonchev–Trinajstić information content (AvgIpc) is 2.53. The first-order valence-electron chi connectivity index (χ1n) is 6.80. The Morgan fingerprint density at radius 1 is 1.13 bits per heavy atom. The summed E-state index contributed by atoms with van der Waals surface area (Å²) in [5.74, 6) is 0.361. The van der Waals surface area contributed by atoms with Crippen LogP contribution in [0.15, 0.2) is 48.5 Å². The summed E-state index contributed by atoms with van der Waals surface area (Å²) < 4.78 is 29.2. The molecule has 0 atom stereocenters. The van der Waals surface area contributed by atoms with Crippen LogP contribution in [0, 0.1) is 0 Å². The van der Waals surface area contributed by atoms with Crippen LogP contribution in [-0.2, 0) is 10.0 Å². The van der Waals surface area contributed by atoms with Crippen molar-refractivity contribution in [3.63, 3.8) is 0 Å². The van der Waals surface area contributed by atoms with E-state index in [4.69, 9.17) is 4.74 Å². The van der Waals surface area contributed by atoms with Gasteiger partial charge in [-0.15, -0.1) is 0 Å². The van der Waals surface area contributed by atoms with Gasteiger partial charge in [-0.1, -0.05) is 6.07 Å². The smallest absolute Gasteiger partial charge is 0.255 e. The second kappa shape index (κ2) is 6.70. The average molecular weight is 334 g/mol. The lowest BCUT2D eigenvalue weighted by atomic mass is 10.2. The van der Waals surface area contributed by atoms with Gasteiger partial charge < -0.3 is 10.1 Å². The van der Waals surface area contributed by atoms with E-state index < -0.39 is 10.0 Å². The molecule has 0 aromatic heterocycles. The number of ether oxygens (including phenoxy) is 1. The van der Waals surface area contributed by atoms with Gasteiger partial charge in [0.05, 0.1) is 19.1 Å². The van der Waals surface area contributed by atoms with E-state index in [2.05, 4.69) is 5.32 Å². The summed E-state index contributed by atoms with van der Waals surface area (Å²) in [6, 6.07) is 13.3. The van der Waals surface area contributed by atoms with Gasteiger partial charge in [0.2, 0.25) is 10.0 Å². The molecule has 0 fully saturated rings. The van der Waals surface area contributed by atoms with Crippen LogP contribution >= 0.6 is 0 Å². The highest BCUT2D eigenvalue weighted by molar-refractivity contribution is 7.92. The van der Waals surface area contributed by atoms with Crippen LogP contribution in [0.3, 0.4) is 0 Å². The number of hydrogen-bond acceptors (Lipinski definition) is 4. The van der Waals surface area contributed by atoms with Crippen molar-refractivity contribution in [1.82, 2.24) is 0 Å². The fraction of sp³-hybridized carbons (Fsp3) is 0.188. The van der Waals surface area contributed by atoms with E-state index in [1.54, 1.807) is 55.6 Å². The van der Waals surface area contributed by atoms with E-state index in [-0.39, 0.29) is 5.91 Å².